The molecular weight excluding hydrogens is 330 g/mol. The lowest BCUT2D eigenvalue weighted by molar-refractivity contribution is 0.476. The van der Waals surface area contributed by atoms with Crippen LogP contribution in [0.3, 0.4) is 0 Å². The van der Waals surface area contributed by atoms with E-state index in [0.29, 0.717) is 6.04 Å². The Balaban J connectivity index is 1.65. The molecule has 1 aromatic heterocycles. The van der Waals surface area contributed by atoms with Crippen LogP contribution in [0.15, 0.2) is 35.1 Å². The van der Waals surface area contributed by atoms with Crippen molar-refractivity contribution < 1.29 is 4.74 Å². The van der Waals surface area contributed by atoms with Crippen molar-refractivity contribution in [2.45, 2.75) is 45.3 Å². The van der Waals surface area contributed by atoms with Crippen LogP contribution in [0.2, 0.25) is 0 Å². The average Bonchev–Trinajstić information content (AvgIpc) is 3.15. The van der Waals surface area contributed by atoms with Crippen molar-refractivity contribution in [2.75, 3.05) is 0 Å². The van der Waals surface area contributed by atoms with Crippen molar-refractivity contribution in [3.05, 3.63) is 40.6 Å². The van der Waals surface area contributed by atoms with Crippen molar-refractivity contribution in [3.63, 3.8) is 0 Å². The second kappa shape index (κ2) is 6.20. The third kappa shape index (κ3) is 3.86. The number of nitrogens with zero attached hydrogens (tertiary/aromatic N) is 2. The molecule has 0 bridgehead atoms. The van der Waals surface area contributed by atoms with Gasteiger partial charge < -0.3 is 10.1 Å². The molecule has 4 nitrogen and oxygen atoms in total. The Morgan fingerprint density at radius 1 is 1.38 bits per heavy atom. The van der Waals surface area contributed by atoms with E-state index >= 15 is 0 Å². The molecular formula is C16H20BrN3O. The molecule has 0 atom stereocenters. The van der Waals surface area contributed by atoms with Gasteiger partial charge in [-0.3, -0.25) is 4.68 Å². The maximum absolute atomic E-state index is 5.85. The number of aromatic nitrogens is 2. The van der Waals surface area contributed by atoms with E-state index in [1.165, 1.54) is 18.4 Å². The summed E-state index contributed by atoms with van der Waals surface area (Å²) in [5.41, 5.74) is 1.26. The van der Waals surface area contributed by atoms with E-state index in [4.69, 9.17) is 4.74 Å². The molecule has 21 heavy (non-hydrogen) atoms. The lowest BCUT2D eigenvalue weighted by Gasteiger charge is -2.09. The molecule has 1 saturated carbocycles. The quantitative estimate of drug-likeness (QED) is 0.846. The fraction of sp³-hybridized carbons (Fsp3) is 0.438. The van der Waals surface area contributed by atoms with Crippen LogP contribution >= 0.6 is 15.9 Å². The number of halogens is 1. The van der Waals surface area contributed by atoms with Crippen LogP contribution in [-0.2, 0) is 6.54 Å². The minimum Gasteiger partial charge on any atom is -0.454 e. The molecule has 0 spiro atoms. The smallest absolute Gasteiger partial charge is 0.165 e. The second-order valence-electron chi connectivity index (χ2n) is 5.76. The van der Waals surface area contributed by atoms with Crippen LogP contribution < -0.4 is 10.1 Å². The van der Waals surface area contributed by atoms with Crippen LogP contribution in [0.1, 0.15) is 38.3 Å². The highest BCUT2D eigenvalue weighted by Gasteiger charge is 2.20. The number of benzene rings is 1. The molecule has 1 heterocycles. The highest BCUT2D eigenvalue weighted by atomic mass is 79.9. The Morgan fingerprint density at radius 3 is 2.81 bits per heavy atom. The number of hydrogen-bond donors (Lipinski definition) is 1. The number of hydrogen-bond acceptors (Lipinski definition) is 3. The van der Waals surface area contributed by atoms with Gasteiger partial charge in [0.1, 0.15) is 5.75 Å². The molecule has 0 aliphatic heterocycles. The van der Waals surface area contributed by atoms with Crippen LogP contribution in [-0.4, -0.2) is 15.8 Å². The van der Waals surface area contributed by atoms with E-state index in [0.717, 1.165) is 28.6 Å². The monoisotopic (exact) mass is 349 g/mol. The maximum Gasteiger partial charge on any atom is 0.165 e. The maximum atomic E-state index is 5.85. The summed E-state index contributed by atoms with van der Waals surface area (Å²) in [5, 5.41) is 7.79. The minimum atomic E-state index is 0.338. The third-order valence-electron chi connectivity index (χ3n) is 3.53. The lowest BCUT2D eigenvalue weighted by atomic mass is 10.2. The molecule has 0 saturated heterocycles. The fourth-order valence-corrected chi connectivity index (χ4v) is 2.57. The Kier molecular flexibility index (Phi) is 4.31. The molecule has 5 heteroatoms. The predicted molar refractivity (Wildman–Crippen MR) is 86.7 cm³/mol. The van der Waals surface area contributed by atoms with Crippen molar-refractivity contribution >= 4 is 15.9 Å². The standard InChI is InChI=1S/C16H20BrN3O/c1-11(2)20-10-15(9-19-20)21-14-6-3-12(16(17)7-14)8-18-13-4-5-13/h3,6-7,9-11,13,18H,4-5,8H2,1-2H3. The minimum absolute atomic E-state index is 0.338. The van der Waals surface area contributed by atoms with E-state index in [2.05, 4.69) is 46.3 Å². The Bertz CT molecular complexity index is 620. The molecule has 0 amide bonds. The zero-order valence-corrected chi connectivity index (χ0v) is 13.9. The van der Waals surface area contributed by atoms with Crippen molar-refractivity contribution in [1.29, 1.82) is 0 Å². The van der Waals surface area contributed by atoms with Gasteiger partial charge in [0, 0.05) is 23.1 Å². The van der Waals surface area contributed by atoms with E-state index in [1.54, 1.807) is 6.20 Å². The average molecular weight is 350 g/mol. The summed E-state index contributed by atoms with van der Waals surface area (Å²) < 4.78 is 8.81. The molecule has 1 aliphatic rings. The summed E-state index contributed by atoms with van der Waals surface area (Å²) in [7, 11) is 0. The first-order chi connectivity index (χ1) is 10.1. The summed E-state index contributed by atoms with van der Waals surface area (Å²) in [6.45, 7) is 5.08. The van der Waals surface area contributed by atoms with Crippen molar-refractivity contribution in [3.8, 4) is 11.5 Å². The van der Waals surface area contributed by atoms with Gasteiger partial charge in [-0.05, 0) is 44.4 Å². The summed E-state index contributed by atoms with van der Waals surface area (Å²) >= 11 is 3.62. The number of ether oxygens (including phenoxy) is 1. The zero-order valence-electron chi connectivity index (χ0n) is 12.3. The van der Waals surface area contributed by atoms with Crippen LogP contribution in [0.25, 0.3) is 0 Å². The molecule has 1 fully saturated rings. The van der Waals surface area contributed by atoms with E-state index in [1.807, 2.05) is 23.0 Å². The Hall–Kier alpha value is -1.33. The van der Waals surface area contributed by atoms with Gasteiger partial charge in [0.25, 0.3) is 0 Å². The second-order valence-corrected chi connectivity index (χ2v) is 6.61. The Morgan fingerprint density at radius 2 is 2.19 bits per heavy atom. The first kappa shape index (κ1) is 14.6. The first-order valence-electron chi connectivity index (χ1n) is 7.35. The summed E-state index contributed by atoms with van der Waals surface area (Å²) in [6.07, 6.45) is 6.27. The van der Waals surface area contributed by atoms with Crippen LogP contribution in [0.4, 0.5) is 0 Å². The first-order valence-corrected chi connectivity index (χ1v) is 8.15. The lowest BCUT2D eigenvalue weighted by Crippen LogP contribution is -2.15. The van der Waals surface area contributed by atoms with Crippen molar-refractivity contribution in [2.24, 2.45) is 0 Å². The van der Waals surface area contributed by atoms with Gasteiger partial charge in [-0.15, -0.1) is 0 Å². The van der Waals surface area contributed by atoms with E-state index in [-0.39, 0.29) is 0 Å². The van der Waals surface area contributed by atoms with Gasteiger partial charge in [0.05, 0.1) is 12.4 Å². The summed E-state index contributed by atoms with van der Waals surface area (Å²) in [6, 6.07) is 7.17. The molecule has 112 valence electrons. The highest BCUT2D eigenvalue weighted by Crippen LogP contribution is 2.28. The molecule has 3 rings (SSSR count). The molecule has 2 aromatic rings. The zero-order chi connectivity index (χ0) is 14.8. The molecule has 0 radical (unpaired) electrons. The van der Waals surface area contributed by atoms with Crippen LogP contribution in [0.5, 0.6) is 11.5 Å². The molecule has 1 N–H and O–H groups in total. The summed E-state index contributed by atoms with van der Waals surface area (Å²) in [5.74, 6) is 1.58. The van der Waals surface area contributed by atoms with Crippen LogP contribution in [0, 0.1) is 0 Å². The van der Waals surface area contributed by atoms with Gasteiger partial charge in [0.2, 0.25) is 0 Å². The largest absolute Gasteiger partial charge is 0.454 e. The van der Waals surface area contributed by atoms with Gasteiger partial charge in [-0.2, -0.15) is 5.10 Å². The van der Waals surface area contributed by atoms with Gasteiger partial charge in [-0.1, -0.05) is 22.0 Å². The van der Waals surface area contributed by atoms with E-state index < -0.39 is 0 Å². The molecule has 0 unspecified atom stereocenters. The predicted octanol–water partition coefficient (Wildman–Crippen LogP) is 4.27. The van der Waals surface area contributed by atoms with Gasteiger partial charge >= 0.3 is 0 Å². The van der Waals surface area contributed by atoms with E-state index in [9.17, 15) is 0 Å². The SMILES string of the molecule is CC(C)n1cc(Oc2ccc(CNC3CC3)c(Br)c2)cn1. The molecule has 1 aliphatic carbocycles. The molecule has 1 aromatic carbocycles. The van der Waals surface area contributed by atoms with Gasteiger partial charge in [-0.25, -0.2) is 0 Å². The third-order valence-corrected chi connectivity index (χ3v) is 4.26. The number of nitrogens with one attached hydrogen (secondary N) is 1. The highest BCUT2D eigenvalue weighted by molar-refractivity contribution is 9.10. The normalized spacial score (nSPS) is 14.7. The fourth-order valence-electron chi connectivity index (χ4n) is 2.07. The summed E-state index contributed by atoms with van der Waals surface area (Å²) in [4.78, 5) is 0. The number of rotatable bonds is 6. The van der Waals surface area contributed by atoms with Gasteiger partial charge in [0.15, 0.2) is 5.75 Å². The Labute approximate surface area is 133 Å². The topological polar surface area (TPSA) is 39.1 Å². The van der Waals surface area contributed by atoms with Crippen molar-refractivity contribution in [1.82, 2.24) is 15.1 Å².